The minimum absolute atomic E-state index is 0.0133. The van der Waals surface area contributed by atoms with Gasteiger partial charge in [0.1, 0.15) is 0 Å². The number of carbonyl (C=O) groups excluding carboxylic acids is 1. The number of hydrogen-bond donors (Lipinski definition) is 0. The van der Waals surface area contributed by atoms with E-state index in [0.29, 0.717) is 6.54 Å². The predicted octanol–water partition coefficient (Wildman–Crippen LogP) is 2.52. The number of ether oxygens (including phenoxy) is 1. The molecule has 1 amide bonds. The molecule has 1 fully saturated rings. The maximum absolute atomic E-state index is 12.3. The molecule has 1 aliphatic heterocycles. The third-order valence-corrected chi connectivity index (χ3v) is 3.98. The standard InChI is InChI=1S/C13H24ClNO2/c1-8(14)6-7-15(5)13(16)12-9(2)10(3)17-11(12)4/h8-12H,6-7H2,1-5H3. The summed E-state index contributed by atoms with van der Waals surface area (Å²) in [5.41, 5.74) is 0. The molecule has 0 radical (unpaired) electrons. The van der Waals surface area contributed by atoms with Crippen LogP contribution in [-0.4, -0.2) is 42.0 Å². The van der Waals surface area contributed by atoms with Crippen molar-refractivity contribution in [1.82, 2.24) is 4.90 Å². The van der Waals surface area contributed by atoms with E-state index < -0.39 is 0 Å². The molecule has 3 nitrogen and oxygen atoms in total. The molecule has 1 heterocycles. The van der Waals surface area contributed by atoms with Gasteiger partial charge in [0.2, 0.25) is 5.91 Å². The van der Waals surface area contributed by atoms with Gasteiger partial charge in [0, 0.05) is 19.0 Å². The zero-order chi connectivity index (χ0) is 13.2. The molecule has 0 aromatic heterocycles. The Balaban J connectivity index is 2.57. The van der Waals surface area contributed by atoms with Crippen LogP contribution in [0.4, 0.5) is 0 Å². The molecule has 5 atom stereocenters. The fourth-order valence-electron chi connectivity index (χ4n) is 2.43. The molecular weight excluding hydrogens is 238 g/mol. The van der Waals surface area contributed by atoms with Crippen molar-refractivity contribution in [2.24, 2.45) is 11.8 Å². The van der Waals surface area contributed by atoms with E-state index in [0.717, 1.165) is 6.42 Å². The minimum Gasteiger partial charge on any atom is -0.374 e. The van der Waals surface area contributed by atoms with Crippen molar-refractivity contribution in [1.29, 1.82) is 0 Å². The molecular formula is C13H24ClNO2. The first-order valence-corrected chi connectivity index (χ1v) is 6.82. The Hall–Kier alpha value is -0.280. The molecule has 0 saturated carbocycles. The summed E-state index contributed by atoms with van der Waals surface area (Å²) in [7, 11) is 1.85. The lowest BCUT2D eigenvalue weighted by Gasteiger charge is -2.25. The zero-order valence-corrected chi connectivity index (χ0v) is 12.2. The largest absolute Gasteiger partial charge is 0.374 e. The van der Waals surface area contributed by atoms with E-state index in [1.165, 1.54) is 0 Å². The van der Waals surface area contributed by atoms with Crippen LogP contribution in [-0.2, 0) is 9.53 Å². The summed E-state index contributed by atoms with van der Waals surface area (Å²) in [6.07, 6.45) is 1.01. The van der Waals surface area contributed by atoms with Crippen molar-refractivity contribution >= 4 is 17.5 Å². The SMILES string of the molecule is CC(Cl)CCN(C)C(=O)C1C(C)OC(C)C1C. The van der Waals surface area contributed by atoms with Gasteiger partial charge in [-0.05, 0) is 33.1 Å². The molecule has 17 heavy (non-hydrogen) atoms. The van der Waals surface area contributed by atoms with Crippen LogP contribution in [0.2, 0.25) is 0 Å². The number of nitrogens with zero attached hydrogens (tertiary/aromatic N) is 1. The van der Waals surface area contributed by atoms with Crippen molar-refractivity contribution in [3.63, 3.8) is 0 Å². The van der Waals surface area contributed by atoms with Crippen LogP contribution >= 0.6 is 11.6 Å². The van der Waals surface area contributed by atoms with Crippen molar-refractivity contribution in [2.75, 3.05) is 13.6 Å². The third kappa shape index (κ3) is 3.59. The quantitative estimate of drug-likeness (QED) is 0.728. The monoisotopic (exact) mass is 261 g/mol. The Morgan fingerprint density at radius 1 is 1.35 bits per heavy atom. The first kappa shape index (κ1) is 14.8. The van der Waals surface area contributed by atoms with E-state index in [4.69, 9.17) is 16.3 Å². The van der Waals surface area contributed by atoms with Gasteiger partial charge < -0.3 is 9.64 Å². The number of alkyl halides is 1. The Labute approximate surface area is 109 Å². The topological polar surface area (TPSA) is 29.5 Å². The van der Waals surface area contributed by atoms with Gasteiger partial charge in [-0.15, -0.1) is 11.6 Å². The van der Waals surface area contributed by atoms with Crippen LogP contribution in [0.5, 0.6) is 0 Å². The lowest BCUT2D eigenvalue weighted by atomic mass is 9.88. The molecule has 1 aliphatic rings. The van der Waals surface area contributed by atoms with Crippen molar-refractivity contribution in [3.05, 3.63) is 0 Å². The normalized spacial score (nSPS) is 34.7. The van der Waals surface area contributed by atoms with E-state index in [9.17, 15) is 4.79 Å². The van der Waals surface area contributed by atoms with Crippen LogP contribution in [0, 0.1) is 11.8 Å². The lowest BCUT2D eigenvalue weighted by molar-refractivity contribution is -0.136. The highest BCUT2D eigenvalue weighted by Gasteiger charge is 2.42. The summed E-state index contributed by atoms with van der Waals surface area (Å²) in [5.74, 6) is 0.459. The van der Waals surface area contributed by atoms with E-state index >= 15 is 0 Å². The average Bonchev–Trinajstić information content (AvgIpc) is 2.49. The molecule has 0 aromatic carbocycles. The van der Waals surface area contributed by atoms with E-state index in [1.807, 2.05) is 27.8 Å². The van der Waals surface area contributed by atoms with Gasteiger partial charge in [0.15, 0.2) is 0 Å². The highest BCUT2D eigenvalue weighted by molar-refractivity contribution is 6.20. The van der Waals surface area contributed by atoms with Gasteiger partial charge in [-0.1, -0.05) is 6.92 Å². The molecule has 100 valence electrons. The molecule has 4 heteroatoms. The average molecular weight is 262 g/mol. The van der Waals surface area contributed by atoms with E-state index in [-0.39, 0.29) is 35.3 Å². The maximum Gasteiger partial charge on any atom is 0.228 e. The van der Waals surface area contributed by atoms with Crippen LogP contribution in [0.1, 0.15) is 34.1 Å². The molecule has 0 aliphatic carbocycles. The maximum atomic E-state index is 12.3. The Morgan fingerprint density at radius 2 is 1.94 bits per heavy atom. The third-order valence-electron chi connectivity index (χ3n) is 3.77. The van der Waals surface area contributed by atoms with Crippen molar-refractivity contribution in [2.45, 2.75) is 51.7 Å². The van der Waals surface area contributed by atoms with E-state index in [1.54, 1.807) is 4.90 Å². The summed E-state index contributed by atoms with van der Waals surface area (Å²) in [6.45, 7) is 8.78. The minimum atomic E-state index is -0.0133. The van der Waals surface area contributed by atoms with Crippen molar-refractivity contribution in [3.8, 4) is 0 Å². The molecule has 1 rings (SSSR count). The number of halogens is 1. The number of rotatable bonds is 4. The Bertz CT molecular complexity index is 270. The molecule has 0 bridgehead atoms. The molecule has 5 unspecified atom stereocenters. The van der Waals surface area contributed by atoms with Crippen LogP contribution in [0.25, 0.3) is 0 Å². The van der Waals surface area contributed by atoms with Gasteiger partial charge in [0.25, 0.3) is 0 Å². The van der Waals surface area contributed by atoms with Crippen molar-refractivity contribution < 1.29 is 9.53 Å². The van der Waals surface area contributed by atoms with Gasteiger partial charge in [-0.2, -0.15) is 0 Å². The highest BCUT2D eigenvalue weighted by Crippen LogP contribution is 2.33. The van der Waals surface area contributed by atoms with Gasteiger partial charge >= 0.3 is 0 Å². The lowest BCUT2D eigenvalue weighted by Crippen LogP contribution is -2.39. The van der Waals surface area contributed by atoms with E-state index in [2.05, 4.69) is 6.92 Å². The summed E-state index contributed by atoms with van der Waals surface area (Å²) in [6, 6.07) is 0. The second-order valence-corrected chi connectivity index (χ2v) is 6.01. The molecule has 1 saturated heterocycles. The summed E-state index contributed by atoms with van der Waals surface area (Å²) < 4.78 is 5.71. The summed E-state index contributed by atoms with van der Waals surface area (Å²) in [5, 5.41) is 0.110. The molecule has 0 spiro atoms. The fourth-order valence-corrected chi connectivity index (χ4v) is 2.53. The van der Waals surface area contributed by atoms with Crippen LogP contribution in [0.15, 0.2) is 0 Å². The summed E-state index contributed by atoms with van der Waals surface area (Å²) in [4.78, 5) is 14.1. The van der Waals surface area contributed by atoms with Gasteiger partial charge in [-0.3, -0.25) is 4.79 Å². The number of amides is 1. The Morgan fingerprint density at radius 3 is 2.35 bits per heavy atom. The summed E-state index contributed by atoms with van der Waals surface area (Å²) >= 11 is 5.90. The number of hydrogen-bond acceptors (Lipinski definition) is 2. The number of carbonyl (C=O) groups is 1. The second-order valence-electron chi connectivity index (χ2n) is 5.26. The first-order valence-electron chi connectivity index (χ1n) is 6.39. The zero-order valence-electron chi connectivity index (χ0n) is 11.4. The van der Waals surface area contributed by atoms with Crippen LogP contribution in [0.3, 0.4) is 0 Å². The van der Waals surface area contributed by atoms with Gasteiger partial charge in [0.05, 0.1) is 18.1 Å². The molecule has 0 aromatic rings. The second kappa shape index (κ2) is 6.05. The smallest absolute Gasteiger partial charge is 0.228 e. The first-order chi connectivity index (χ1) is 7.84. The molecule has 0 N–H and O–H groups in total. The Kier molecular flexibility index (Phi) is 5.26. The van der Waals surface area contributed by atoms with Gasteiger partial charge in [-0.25, -0.2) is 0 Å². The highest BCUT2D eigenvalue weighted by atomic mass is 35.5. The van der Waals surface area contributed by atoms with Crippen LogP contribution < -0.4 is 0 Å². The fraction of sp³-hybridized carbons (Fsp3) is 0.923. The predicted molar refractivity (Wildman–Crippen MR) is 70.2 cm³/mol.